The average Bonchev–Trinajstić information content (AvgIpc) is 2.71. The van der Waals surface area contributed by atoms with Gasteiger partial charge >= 0.3 is 0 Å². The van der Waals surface area contributed by atoms with E-state index >= 15 is 0 Å². The number of unbranched alkanes of at least 4 members (excludes halogenated alkanes) is 1. The number of guanidine groups is 1. The van der Waals surface area contributed by atoms with E-state index in [1.165, 1.54) is 5.56 Å². The van der Waals surface area contributed by atoms with Crippen molar-refractivity contribution >= 4 is 35.1 Å². The van der Waals surface area contributed by atoms with Crippen LogP contribution in [0, 0.1) is 0 Å². The first-order valence-corrected chi connectivity index (χ1v) is 10.2. The number of aliphatic imine (C=N–C) groups is 1. The average molecular weight is 446 g/mol. The van der Waals surface area contributed by atoms with Crippen molar-refractivity contribution in [2.24, 2.45) is 10.7 Å². The van der Waals surface area contributed by atoms with E-state index in [9.17, 15) is 4.79 Å². The van der Waals surface area contributed by atoms with Crippen LogP contribution in [-0.4, -0.2) is 35.0 Å². The van der Waals surface area contributed by atoms with E-state index in [2.05, 4.69) is 39.0 Å². The van der Waals surface area contributed by atoms with Gasteiger partial charge in [-0.25, -0.2) is 9.97 Å². The molecule has 0 aliphatic rings. The number of hydrogen-bond acceptors (Lipinski definition) is 7. The normalized spacial score (nSPS) is 11.2. The molecule has 0 fully saturated rings. The van der Waals surface area contributed by atoms with Crippen LogP contribution < -0.4 is 27.3 Å². The van der Waals surface area contributed by atoms with Gasteiger partial charge in [0, 0.05) is 13.0 Å². The van der Waals surface area contributed by atoms with Gasteiger partial charge in [0.05, 0.1) is 6.61 Å². The Labute approximate surface area is 186 Å². The van der Waals surface area contributed by atoms with Crippen LogP contribution in [-0.2, 0) is 6.42 Å². The number of benzene rings is 1. The number of hydrogen-bond donors (Lipinski definition) is 4. The van der Waals surface area contributed by atoms with Crippen molar-refractivity contribution in [2.75, 3.05) is 24.6 Å². The van der Waals surface area contributed by atoms with Crippen LogP contribution in [0.15, 0.2) is 41.4 Å². The molecule has 0 spiro atoms. The van der Waals surface area contributed by atoms with Gasteiger partial charge in [-0.2, -0.15) is 0 Å². The monoisotopic (exact) mass is 445 g/mol. The van der Waals surface area contributed by atoms with Crippen LogP contribution in [0.4, 0.5) is 11.6 Å². The van der Waals surface area contributed by atoms with Crippen molar-refractivity contribution < 1.29 is 9.53 Å². The standard InChI is InChI=1S/C21H28ClN7O2/c1-13(2)10-12-31-15-8-6-14(7-9-15)5-3-4-11-26-21(25)29-20(30)16-18(23)28-19(24)17(22)27-16/h6-9H,1,3-5,10-12H2,2H3,(H4,23,24,28)(H3,25,26,29,30). The molecule has 2 aromatic rings. The minimum absolute atomic E-state index is 0.0320. The van der Waals surface area contributed by atoms with Crippen LogP contribution >= 0.6 is 11.6 Å². The summed E-state index contributed by atoms with van der Waals surface area (Å²) in [5.41, 5.74) is 19.0. The number of aromatic nitrogens is 2. The summed E-state index contributed by atoms with van der Waals surface area (Å²) >= 11 is 5.77. The van der Waals surface area contributed by atoms with Gasteiger partial charge in [0.1, 0.15) is 5.75 Å². The number of nitrogen functional groups attached to an aromatic ring is 2. The molecule has 1 heterocycles. The fraction of sp³-hybridized carbons (Fsp3) is 0.333. The second-order valence-corrected chi connectivity index (χ2v) is 7.37. The SMILES string of the molecule is C=C(C)CCOc1ccc(CCCCN=C(N)NC(=O)c2nc(Cl)c(N)nc2N)cc1. The highest BCUT2D eigenvalue weighted by atomic mass is 35.5. The van der Waals surface area contributed by atoms with E-state index in [1.54, 1.807) is 0 Å². The molecule has 1 amide bonds. The number of amides is 1. The number of carbonyl (C=O) groups is 1. The first-order chi connectivity index (χ1) is 14.8. The molecule has 7 N–H and O–H groups in total. The molecule has 0 bridgehead atoms. The number of anilines is 2. The zero-order valence-electron chi connectivity index (χ0n) is 17.5. The summed E-state index contributed by atoms with van der Waals surface area (Å²) < 4.78 is 5.67. The number of aryl methyl sites for hydroxylation is 1. The zero-order chi connectivity index (χ0) is 22.8. The summed E-state index contributed by atoms with van der Waals surface area (Å²) in [6, 6.07) is 8.04. The summed E-state index contributed by atoms with van der Waals surface area (Å²) in [5, 5.41) is 2.30. The first kappa shape index (κ1) is 23.9. The second kappa shape index (κ2) is 11.8. The highest BCUT2D eigenvalue weighted by molar-refractivity contribution is 6.31. The van der Waals surface area contributed by atoms with Crippen molar-refractivity contribution in [3.8, 4) is 5.75 Å². The minimum atomic E-state index is -0.654. The van der Waals surface area contributed by atoms with Crippen LogP contribution in [0.3, 0.4) is 0 Å². The molecule has 0 aliphatic heterocycles. The number of halogens is 1. The predicted molar refractivity (Wildman–Crippen MR) is 124 cm³/mol. The lowest BCUT2D eigenvalue weighted by Crippen LogP contribution is -2.38. The van der Waals surface area contributed by atoms with E-state index in [0.717, 1.165) is 37.0 Å². The van der Waals surface area contributed by atoms with E-state index in [0.29, 0.717) is 13.2 Å². The van der Waals surface area contributed by atoms with Gasteiger partial charge in [-0.1, -0.05) is 29.3 Å². The van der Waals surface area contributed by atoms with Gasteiger partial charge in [0.15, 0.2) is 28.4 Å². The number of nitrogens with zero attached hydrogens (tertiary/aromatic N) is 3. The molecule has 0 radical (unpaired) electrons. The summed E-state index contributed by atoms with van der Waals surface area (Å²) in [4.78, 5) is 23.9. The van der Waals surface area contributed by atoms with Gasteiger partial charge < -0.3 is 21.9 Å². The number of ether oxygens (including phenoxy) is 1. The van der Waals surface area contributed by atoms with E-state index in [4.69, 9.17) is 33.5 Å². The van der Waals surface area contributed by atoms with Crippen LogP contribution in [0.2, 0.25) is 5.15 Å². The summed E-state index contributed by atoms with van der Waals surface area (Å²) in [5.74, 6) is -0.0262. The Morgan fingerprint density at radius 3 is 2.58 bits per heavy atom. The molecule has 2 rings (SSSR count). The van der Waals surface area contributed by atoms with Gasteiger partial charge in [0.2, 0.25) is 0 Å². The third-order valence-corrected chi connectivity index (χ3v) is 4.52. The molecular weight excluding hydrogens is 418 g/mol. The molecule has 0 atom stereocenters. The molecule has 0 aliphatic carbocycles. The van der Waals surface area contributed by atoms with E-state index in [-0.39, 0.29) is 28.4 Å². The first-order valence-electron chi connectivity index (χ1n) is 9.82. The molecule has 0 saturated heterocycles. The molecule has 166 valence electrons. The Kier molecular flexibility index (Phi) is 9.08. The summed E-state index contributed by atoms with van der Waals surface area (Å²) in [6.07, 6.45) is 3.49. The molecule has 31 heavy (non-hydrogen) atoms. The molecule has 1 aromatic carbocycles. The molecule has 1 aromatic heterocycles. The lowest BCUT2D eigenvalue weighted by atomic mass is 10.1. The summed E-state index contributed by atoms with van der Waals surface area (Å²) in [6.45, 7) is 6.95. The third kappa shape index (κ3) is 8.13. The van der Waals surface area contributed by atoms with Crippen LogP contribution in [0.1, 0.15) is 42.2 Å². The van der Waals surface area contributed by atoms with Crippen molar-refractivity contribution in [1.29, 1.82) is 0 Å². The molecule has 9 nitrogen and oxygen atoms in total. The van der Waals surface area contributed by atoms with Gasteiger partial charge in [-0.3, -0.25) is 15.1 Å². The van der Waals surface area contributed by atoms with Crippen molar-refractivity contribution in [3.05, 3.63) is 52.8 Å². The molecular formula is C21H28ClN7O2. The van der Waals surface area contributed by atoms with Gasteiger partial charge in [0.25, 0.3) is 5.91 Å². The van der Waals surface area contributed by atoms with Crippen molar-refractivity contribution in [1.82, 2.24) is 15.3 Å². The van der Waals surface area contributed by atoms with Crippen LogP contribution in [0.5, 0.6) is 5.75 Å². The fourth-order valence-electron chi connectivity index (χ4n) is 2.56. The molecule has 0 saturated carbocycles. The Bertz CT molecular complexity index is 945. The van der Waals surface area contributed by atoms with Crippen molar-refractivity contribution in [2.45, 2.75) is 32.6 Å². The highest BCUT2D eigenvalue weighted by Gasteiger charge is 2.16. The number of nitrogens with two attached hydrogens (primary N) is 3. The topological polar surface area (TPSA) is 155 Å². The quantitative estimate of drug-likeness (QED) is 0.189. The minimum Gasteiger partial charge on any atom is -0.493 e. The Morgan fingerprint density at radius 1 is 1.19 bits per heavy atom. The number of rotatable bonds is 10. The fourth-order valence-corrected chi connectivity index (χ4v) is 2.69. The smallest absolute Gasteiger partial charge is 0.280 e. The third-order valence-electron chi connectivity index (χ3n) is 4.24. The number of nitrogens with one attached hydrogen (secondary N) is 1. The molecule has 10 heteroatoms. The van der Waals surface area contributed by atoms with E-state index in [1.807, 2.05) is 19.1 Å². The van der Waals surface area contributed by atoms with Gasteiger partial charge in [-0.15, -0.1) is 6.58 Å². The predicted octanol–water partition coefficient (Wildman–Crippen LogP) is 2.71. The Balaban J connectivity index is 1.72. The number of carbonyl (C=O) groups excluding carboxylic acids is 1. The molecule has 0 unspecified atom stereocenters. The zero-order valence-corrected chi connectivity index (χ0v) is 18.3. The van der Waals surface area contributed by atoms with Gasteiger partial charge in [-0.05, 0) is 43.9 Å². The maximum absolute atomic E-state index is 12.2. The highest BCUT2D eigenvalue weighted by Crippen LogP contribution is 2.17. The maximum atomic E-state index is 12.2. The maximum Gasteiger partial charge on any atom is 0.280 e. The Hall–Kier alpha value is -3.33. The van der Waals surface area contributed by atoms with E-state index < -0.39 is 5.91 Å². The summed E-state index contributed by atoms with van der Waals surface area (Å²) in [7, 11) is 0. The largest absolute Gasteiger partial charge is 0.493 e. The lowest BCUT2D eigenvalue weighted by molar-refractivity contribution is 0.0972. The Morgan fingerprint density at radius 2 is 1.90 bits per heavy atom. The second-order valence-electron chi connectivity index (χ2n) is 7.01. The van der Waals surface area contributed by atoms with Crippen LogP contribution in [0.25, 0.3) is 0 Å². The lowest BCUT2D eigenvalue weighted by Gasteiger charge is -2.08. The van der Waals surface area contributed by atoms with Crippen molar-refractivity contribution in [3.63, 3.8) is 0 Å².